The minimum atomic E-state index is -0.125. The maximum Gasteiger partial charge on any atom is 0.217 e. The molecule has 663 valence electrons. The molecule has 18 aromatic rings. The Hall–Kier alpha value is -12.2. The van der Waals surface area contributed by atoms with Crippen molar-refractivity contribution in [1.29, 1.82) is 0 Å². The van der Waals surface area contributed by atoms with E-state index in [2.05, 4.69) is 213 Å². The van der Waals surface area contributed by atoms with Crippen molar-refractivity contribution >= 4 is 117 Å². The van der Waals surface area contributed by atoms with Gasteiger partial charge in [-0.2, -0.15) is 0 Å². The first-order valence-corrected chi connectivity index (χ1v) is 41.7. The van der Waals surface area contributed by atoms with Gasteiger partial charge in [0.05, 0.1) is 34.0 Å². The summed E-state index contributed by atoms with van der Waals surface area (Å²) in [5.41, 5.74) is 23.2. The fourth-order valence-corrected chi connectivity index (χ4v) is 14.7. The fraction of sp³-hybridized carbons (Fsp3) is 0.243. The molecule has 21 heteroatoms. The van der Waals surface area contributed by atoms with Crippen molar-refractivity contribution in [3.8, 4) is 67.7 Å². The minimum absolute atomic E-state index is 0. The Kier molecular flexibility index (Phi) is 31.6. The number of aryl methyl sites for hydroxylation is 3. The van der Waals surface area contributed by atoms with Crippen LogP contribution in [0.25, 0.3) is 167 Å². The summed E-state index contributed by atoms with van der Waals surface area (Å²) in [6.07, 6.45) is 3.50. The average molecular weight is 2240 g/mol. The van der Waals surface area contributed by atoms with E-state index in [9.17, 15) is 14.4 Å². The van der Waals surface area contributed by atoms with Crippen molar-refractivity contribution in [1.82, 2.24) is 29.9 Å². The first-order chi connectivity index (χ1) is 59.3. The van der Waals surface area contributed by atoms with Crippen LogP contribution in [0.2, 0.25) is 0 Å². The van der Waals surface area contributed by atoms with Crippen molar-refractivity contribution in [2.24, 2.45) is 0 Å². The molecule has 0 saturated carbocycles. The van der Waals surface area contributed by atoms with E-state index in [1.165, 1.54) is 93.2 Å². The van der Waals surface area contributed by atoms with Crippen molar-refractivity contribution < 1.29 is 117 Å². The zero-order chi connectivity index (χ0) is 89.8. The van der Waals surface area contributed by atoms with Crippen LogP contribution in [0.3, 0.4) is 0 Å². The Bertz CT molecular complexity index is 7080. The van der Waals surface area contributed by atoms with Crippen LogP contribution in [0.4, 0.5) is 0 Å². The van der Waals surface area contributed by atoms with Crippen LogP contribution in [-0.2, 0) is 85.5 Å². The van der Waals surface area contributed by atoms with E-state index < -0.39 is 0 Å². The van der Waals surface area contributed by atoms with Gasteiger partial charge in [-0.15, -0.1) is 54.6 Å². The maximum absolute atomic E-state index is 10.0. The van der Waals surface area contributed by atoms with Crippen molar-refractivity contribution in [2.45, 2.75) is 174 Å². The number of carbonyl (C=O) groups excluding carboxylic acids is 3. The minimum Gasteiger partial charge on any atom is -0.512 e. The molecule has 0 unspecified atom stereocenters. The standard InChI is InChI=1S/C33H31N2O2.C31H27N2O2.C28H21N2O2.3C5H8O2.3Ir/c1-19-11-13-25-24-9-8-10-26(29(24)37-31(25)34-19)27-14-12-20-17-28(36-30(20)35-27)21-15-22(32(2,3)4)18-23(16-21)33(5,6)7;1-17(2)21-8-6-9-22(18(3)4)28(21)27-16-20-13-15-26(33-30(20)34-27)25-11-7-10-23-24-14-12-19(5)32-31(24)35-29(23)25;1-16(2)18-8-10-19(11-9-18)25-15-20-12-14-24(30-27(20)31-25)23-6-4-5-21-22-13-7-17(3)29-28(22)32-26(21)23;3*1-4(6)3-5(2)7;;;/h8-9,11-18H,1-7H3;6-10,12-18H,1-5H3;4-5,7-16H,1-3H3;3*3,6H,1-2H3;;;/q3*-1;;;;;;. The van der Waals surface area contributed by atoms with Crippen LogP contribution < -0.4 is 0 Å². The molecule has 128 heavy (non-hydrogen) atoms. The number of nitrogens with zero attached hydrogens (tertiary/aromatic N) is 6. The zero-order valence-corrected chi connectivity index (χ0v) is 82.7. The first-order valence-electron chi connectivity index (χ1n) is 41.7. The largest absolute Gasteiger partial charge is 0.512 e. The monoisotopic (exact) mass is 2240 g/mol. The van der Waals surface area contributed by atoms with Crippen molar-refractivity contribution in [2.75, 3.05) is 0 Å². The molecule has 0 fully saturated rings. The third kappa shape index (κ3) is 22.8. The van der Waals surface area contributed by atoms with Gasteiger partial charge in [-0.25, -0.2) is 15.0 Å². The average Bonchev–Trinajstić information content (AvgIpc) is 1.40. The molecule has 0 spiro atoms. The molecule has 0 atom stereocenters. The van der Waals surface area contributed by atoms with Crippen molar-refractivity contribution in [3.05, 3.63) is 287 Å². The second-order valence-electron chi connectivity index (χ2n) is 34.5. The molecule has 6 aromatic carbocycles. The summed E-state index contributed by atoms with van der Waals surface area (Å²) in [7, 11) is 0. The summed E-state index contributed by atoms with van der Waals surface area (Å²) < 4.78 is 37.4. The number of pyridine rings is 6. The smallest absolute Gasteiger partial charge is 0.217 e. The van der Waals surface area contributed by atoms with Crippen LogP contribution in [0.5, 0.6) is 0 Å². The molecule has 0 aliphatic heterocycles. The number of aromatic nitrogens is 6. The van der Waals surface area contributed by atoms with Gasteiger partial charge < -0.3 is 41.8 Å². The van der Waals surface area contributed by atoms with Gasteiger partial charge in [0, 0.05) is 145 Å². The molecule has 12 heterocycles. The number of hydrogen-bond acceptors (Lipinski definition) is 18. The Morgan fingerprint density at radius 3 is 0.961 bits per heavy atom. The first kappa shape index (κ1) is 98.0. The summed E-state index contributed by atoms with van der Waals surface area (Å²) >= 11 is 0. The quantitative estimate of drug-likeness (QED) is 0.0583. The van der Waals surface area contributed by atoms with Gasteiger partial charge in [-0.05, 0) is 203 Å². The zero-order valence-electron chi connectivity index (χ0n) is 75.6. The van der Waals surface area contributed by atoms with Gasteiger partial charge in [0.15, 0.2) is 17.3 Å². The maximum atomic E-state index is 10.0. The number of hydrogen-bond donors (Lipinski definition) is 3. The predicted molar refractivity (Wildman–Crippen MR) is 501 cm³/mol. The number of carbonyl (C=O) groups is 3. The van der Waals surface area contributed by atoms with E-state index in [-0.39, 0.29) is 106 Å². The Balaban J connectivity index is 0.000000178. The Morgan fingerprint density at radius 2 is 0.664 bits per heavy atom. The number of aliphatic hydroxyl groups excluding tert-OH is 3. The van der Waals surface area contributed by atoms with Gasteiger partial charge in [-0.3, -0.25) is 29.3 Å². The molecule has 0 bridgehead atoms. The third-order valence-corrected chi connectivity index (χ3v) is 20.9. The van der Waals surface area contributed by atoms with Crippen LogP contribution in [0.15, 0.2) is 250 Å². The van der Waals surface area contributed by atoms with Crippen LogP contribution >= 0.6 is 0 Å². The molecule has 3 N–H and O–H groups in total. The molecule has 12 aromatic heterocycles. The van der Waals surface area contributed by atoms with Gasteiger partial charge in [0.1, 0.15) is 17.3 Å². The van der Waals surface area contributed by atoms with Crippen molar-refractivity contribution in [3.63, 3.8) is 0 Å². The third-order valence-electron chi connectivity index (χ3n) is 20.9. The van der Waals surface area contributed by atoms with E-state index in [1.807, 2.05) is 112 Å². The summed E-state index contributed by atoms with van der Waals surface area (Å²) in [6.45, 7) is 41.2. The molecule has 0 amide bonds. The second kappa shape index (κ2) is 41.3. The van der Waals surface area contributed by atoms with Gasteiger partial charge >= 0.3 is 0 Å². The number of aliphatic hydroxyl groups is 3. The molecular weight excluding hydrogens is 2140 g/mol. The molecule has 0 aliphatic rings. The fourth-order valence-electron chi connectivity index (χ4n) is 14.7. The van der Waals surface area contributed by atoms with Gasteiger partial charge in [-0.1, -0.05) is 201 Å². The second-order valence-corrected chi connectivity index (χ2v) is 34.5. The van der Waals surface area contributed by atoms with Gasteiger partial charge in [0.2, 0.25) is 34.3 Å². The summed E-state index contributed by atoms with van der Waals surface area (Å²) in [5, 5.41) is 34.0. The van der Waals surface area contributed by atoms with Crippen LogP contribution in [0.1, 0.15) is 187 Å². The number of allylic oxidation sites excluding steroid dienone is 6. The molecule has 0 saturated heterocycles. The van der Waals surface area contributed by atoms with E-state index in [0.29, 0.717) is 52.0 Å². The molecule has 3 radical (unpaired) electrons. The number of furan rings is 6. The molecule has 18 rings (SSSR count). The van der Waals surface area contributed by atoms with Gasteiger partial charge in [0.25, 0.3) is 0 Å². The van der Waals surface area contributed by atoms with E-state index in [1.54, 1.807) is 0 Å². The normalized spacial score (nSPS) is 11.8. The summed E-state index contributed by atoms with van der Waals surface area (Å²) in [4.78, 5) is 58.3. The summed E-state index contributed by atoms with van der Waals surface area (Å²) in [6, 6.07) is 74.1. The number of ketones is 3. The van der Waals surface area contributed by atoms with E-state index in [0.717, 1.165) is 144 Å². The molecular formula is C107H103Ir3N6O12-3. The number of benzene rings is 6. The topological polar surface area (TPSA) is 268 Å². The van der Waals surface area contributed by atoms with E-state index >= 15 is 0 Å². The molecule has 0 aliphatic carbocycles. The Labute approximate surface area is 785 Å². The number of rotatable bonds is 12. The predicted octanol–water partition coefficient (Wildman–Crippen LogP) is 28.8. The van der Waals surface area contributed by atoms with Crippen LogP contribution in [-0.4, -0.2) is 62.6 Å². The van der Waals surface area contributed by atoms with E-state index in [4.69, 9.17) is 56.8 Å². The van der Waals surface area contributed by atoms with Crippen LogP contribution in [0, 0.1) is 39.0 Å². The molecule has 18 nitrogen and oxygen atoms in total. The summed E-state index contributed by atoms with van der Waals surface area (Å²) in [5.74, 6) is 3.58. The SMILES string of the molecule is CC(=O)C=C(C)O.CC(=O)C=C(C)O.CC(=O)C=C(C)O.Cc1ccc2c(n1)oc1c(-c3ccc4cc(-c5c(C(C)C)cccc5C(C)C)oc4n3)[c-]ccc12.Cc1ccc2c(n1)oc1c(-c3ccc4cc(-c5cc(C(C)(C)C)cc(C(C)(C)C)c5)oc4n3)[c-]ccc12.Cc1ccc2c(n1)oc1c(-c3ccc4cc(-c5ccc(C(C)C)cc5)oc4n3)[c-]ccc12.[Ir].[Ir].[Ir]. The number of fused-ring (bicyclic) bond motifs is 12. The Morgan fingerprint density at radius 1 is 0.344 bits per heavy atom.